The molecule has 1 aromatic carbocycles. The van der Waals surface area contributed by atoms with Crippen LogP contribution in [-0.2, 0) is 6.42 Å². The molecule has 3 rings (SSSR count). The van der Waals surface area contributed by atoms with Crippen molar-refractivity contribution in [3.05, 3.63) is 39.4 Å². The molecule has 6 nitrogen and oxygen atoms in total. The molecule has 1 atom stereocenters. The lowest BCUT2D eigenvalue weighted by Crippen LogP contribution is -2.85. The number of nitrogens with zero attached hydrogens (tertiary/aromatic N) is 1. The number of hydrogen-bond acceptors (Lipinski definition) is 3. The topological polar surface area (TPSA) is 87.9 Å². The van der Waals surface area contributed by atoms with Crippen molar-refractivity contribution in [2.75, 3.05) is 19.6 Å². The van der Waals surface area contributed by atoms with E-state index in [4.69, 9.17) is 0 Å². The molecule has 1 aliphatic rings. The minimum atomic E-state index is -0.624. The SMILES string of the molecule is CC[NH2+]CCNC(=O)c1c(O)c2cc(F)cc3c2n(c1=O)[C@H](C)CC3. The third-order valence-electron chi connectivity index (χ3n) is 4.74. The molecule has 0 saturated carbocycles. The molecule has 0 fully saturated rings. The number of benzene rings is 1. The van der Waals surface area contributed by atoms with E-state index in [0.717, 1.165) is 6.54 Å². The van der Waals surface area contributed by atoms with Crippen LogP contribution in [0, 0.1) is 5.82 Å². The molecular weight excluding hydrogens is 325 g/mol. The normalized spacial score (nSPS) is 16.2. The quantitative estimate of drug-likeness (QED) is 0.694. The number of nitrogens with one attached hydrogen (secondary N) is 1. The maximum absolute atomic E-state index is 13.9. The molecule has 7 heteroatoms. The van der Waals surface area contributed by atoms with E-state index in [1.807, 2.05) is 19.2 Å². The summed E-state index contributed by atoms with van der Waals surface area (Å²) in [5.74, 6) is -1.55. The number of rotatable bonds is 5. The van der Waals surface area contributed by atoms with Crippen molar-refractivity contribution in [3.63, 3.8) is 0 Å². The number of halogens is 1. The summed E-state index contributed by atoms with van der Waals surface area (Å²) in [6, 6.07) is 2.46. The second-order valence-corrected chi connectivity index (χ2v) is 6.49. The van der Waals surface area contributed by atoms with Crippen LogP contribution < -0.4 is 16.2 Å². The van der Waals surface area contributed by atoms with E-state index < -0.39 is 23.0 Å². The second-order valence-electron chi connectivity index (χ2n) is 6.49. The molecule has 2 heterocycles. The highest BCUT2D eigenvalue weighted by Gasteiger charge is 2.28. The Bertz CT molecular complexity index is 891. The number of quaternary nitrogens is 1. The summed E-state index contributed by atoms with van der Waals surface area (Å²) in [6.45, 7) is 5.85. The number of pyridine rings is 1. The van der Waals surface area contributed by atoms with E-state index >= 15 is 0 Å². The van der Waals surface area contributed by atoms with Crippen LogP contribution >= 0.6 is 0 Å². The first kappa shape index (κ1) is 17.4. The van der Waals surface area contributed by atoms with Crippen LogP contribution in [0.25, 0.3) is 10.9 Å². The average molecular weight is 348 g/mol. The van der Waals surface area contributed by atoms with Gasteiger partial charge in [0.1, 0.15) is 17.1 Å². The van der Waals surface area contributed by atoms with Crippen LogP contribution in [-0.4, -0.2) is 35.2 Å². The molecule has 134 valence electrons. The van der Waals surface area contributed by atoms with Gasteiger partial charge in [-0.2, -0.15) is 0 Å². The Labute approximate surface area is 144 Å². The van der Waals surface area contributed by atoms with Crippen LogP contribution in [0.5, 0.6) is 5.75 Å². The molecule has 1 amide bonds. The van der Waals surface area contributed by atoms with E-state index in [-0.39, 0.29) is 17.0 Å². The number of carbonyl (C=O) groups excluding carboxylic acids is 1. The molecule has 0 unspecified atom stereocenters. The van der Waals surface area contributed by atoms with Gasteiger partial charge in [0.05, 0.1) is 25.2 Å². The van der Waals surface area contributed by atoms with E-state index in [2.05, 4.69) is 5.32 Å². The molecule has 0 aliphatic carbocycles. The van der Waals surface area contributed by atoms with Crippen LogP contribution in [0.4, 0.5) is 4.39 Å². The zero-order valence-electron chi connectivity index (χ0n) is 14.4. The minimum Gasteiger partial charge on any atom is -0.506 e. The number of hydrogen-bond donors (Lipinski definition) is 3. The molecular formula is C18H23FN3O3+. The largest absolute Gasteiger partial charge is 0.506 e. The first-order valence-electron chi connectivity index (χ1n) is 8.65. The molecule has 2 aromatic rings. The van der Waals surface area contributed by atoms with Gasteiger partial charge in [-0.25, -0.2) is 4.39 Å². The standard InChI is InChI=1S/C18H22FN3O3/c1-3-20-6-7-21-17(24)14-16(23)13-9-12(19)8-11-5-4-10(2)22(15(11)13)18(14)25/h8-10,20,23H,3-7H2,1-2H3,(H,21,24)/p+1/t10-/m1/s1. The highest BCUT2D eigenvalue weighted by molar-refractivity contribution is 6.03. The average Bonchev–Trinajstić information content (AvgIpc) is 2.57. The zero-order valence-corrected chi connectivity index (χ0v) is 14.4. The van der Waals surface area contributed by atoms with Crippen molar-refractivity contribution in [2.24, 2.45) is 0 Å². The summed E-state index contributed by atoms with van der Waals surface area (Å²) >= 11 is 0. The van der Waals surface area contributed by atoms with Crippen LogP contribution in [0.2, 0.25) is 0 Å². The van der Waals surface area contributed by atoms with Gasteiger partial charge in [0.15, 0.2) is 0 Å². The predicted octanol–water partition coefficient (Wildman–Crippen LogP) is 0.666. The number of nitrogens with two attached hydrogens (primary N) is 1. The lowest BCUT2D eigenvalue weighted by Gasteiger charge is -2.26. The summed E-state index contributed by atoms with van der Waals surface area (Å²) in [4.78, 5) is 25.4. The highest BCUT2D eigenvalue weighted by Crippen LogP contribution is 2.35. The number of aryl methyl sites for hydroxylation is 1. The Morgan fingerprint density at radius 2 is 2.24 bits per heavy atom. The van der Waals surface area contributed by atoms with E-state index in [1.165, 1.54) is 16.7 Å². The van der Waals surface area contributed by atoms with Crippen LogP contribution in [0.3, 0.4) is 0 Å². The third-order valence-corrected chi connectivity index (χ3v) is 4.74. The fourth-order valence-electron chi connectivity index (χ4n) is 3.47. The molecule has 0 bridgehead atoms. The maximum Gasteiger partial charge on any atom is 0.267 e. The summed E-state index contributed by atoms with van der Waals surface area (Å²) < 4.78 is 15.4. The number of aromatic hydroxyl groups is 1. The molecule has 4 N–H and O–H groups in total. The van der Waals surface area contributed by atoms with Crippen molar-refractivity contribution < 1.29 is 19.6 Å². The van der Waals surface area contributed by atoms with Gasteiger partial charge in [-0.15, -0.1) is 0 Å². The van der Waals surface area contributed by atoms with Crippen molar-refractivity contribution in [1.29, 1.82) is 0 Å². The first-order chi connectivity index (χ1) is 12.0. The molecule has 0 saturated heterocycles. The summed E-state index contributed by atoms with van der Waals surface area (Å²) in [5, 5.41) is 15.4. The fourth-order valence-corrected chi connectivity index (χ4v) is 3.47. The minimum absolute atomic E-state index is 0.117. The van der Waals surface area contributed by atoms with Crippen LogP contribution in [0.15, 0.2) is 16.9 Å². The van der Waals surface area contributed by atoms with E-state index in [1.54, 1.807) is 0 Å². The van der Waals surface area contributed by atoms with Crippen molar-refractivity contribution in [2.45, 2.75) is 32.7 Å². The summed E-state index contributed by atoms with van der Waals surface area (Å²) in [7, 11) is 0. The third kappa shape index (κ3) is 3.00. The molecule has 0 radical (unpaired) electrons. The molecule has 1 aromatic heterocycles. The predicted molar refractivity (Wildman–Crippen MR) is 92.5 cm³/mol. The van der Waals surface area contributed by atoms with Gasteiger partial charge in [0, 0.05) is 11.4 Å². The van der Waals surface area contributed by atoms with Crippen molar-refractivity contribution >= 4 is 16.8 Å². The fraction of sp³-hybridized carbons (Fsp3) is 0.444. The summed E-state index contributed by atoms with van der Waals surface area (Å²) in [5.41, 5.74) is 0.375. The maximum atomic E-state index is 13.9. The van der Waals surface area contributed by atoms with Gasteiger partial charge in [-0.3, -0.25) is 9.59 Å². The number of amides is 1. The van der Waals surface area contributed by atoms with E-state index in [0.29, 0.717) is 37.0 Å². The van der Waals surface area contributed by atoms with Crippen molar-refractivity contribution in [1.82, 2.24) is 9.88 Å². The number of carbonyl (C=O) groups is 1. The van der Waals surface area contributed by atoms with E-state index in [9.17, 15) is 19.1 Å². The zero-order chi connectivity index (χ0) is 18.1. The number of aromatic nitrogens is 1. The van der Waals surface area contributed by atoms with Crippen molar-refractivity contribution in [3.8, 4) is 5.75 Å². The van der Waals surface area contributed by atoms with Crippen LogP contribution in [0.1, 0.15) is 42.2 Å². The smallest absolute Gasteiger partial charge is 0.267 e. The summed E-state index contributed by atoms with van der Waals surface area (Å²) in [6.07, 6.45) is 1.31. The molecule has 0 spiro atoms. The lowest BCUT2D eigenvalue weighted by atomic mass is 9.95. The number of likely N-dealkylation sites (N-methyl/N-ethyl adjacent to an activating group) is 1. The lowest BCUT2D eigenvalue weighted by molar-refractivity contribution is -0.649. The van der Waals surface area contributed by atoms with Gasteiger partial charge >= 0.3 is 0 Å². The monoisotopic (exact) mass is 348 g/mol. The molecule has 1 aliphatic heterocycles. The second kappa shape index (κ2) is 6.84. The Morgan fingerprint density at radius 3 is 2.96 bits per heavy atom. The van der Waals surface area contributed by atoms with Gasteiger partial charge < -0.3 is 20.3 Å². The Hall–Kier alpha value is -2.41. The Balaban J connectivity index is 2.14. The van der Waals surface area contributed by atoms with Gasteiger partial charge in [0.25, 0.3) is 11.5 Å². The van der Waals surface area contributed by atoms with Gasteiger partial charge in [0.2, 0.25) is 0 Å². The highest BCUT2D eigenvalue weighted by atomic mass is 19.1. The van der Waals surface area contributed by atoms with Gasteiger partial charge in [-0.05, 0) is 44.4 Å². The Morgan fingerprint density at radius 1 is 1.48 bits per heavy atom. The Kier molecular flexibility index (Phi) is 4.76. The van der Waals surface area contributed by atoms with Gasteiger partial charge in [-0.1, -0.05) is 0 Å². The molecule has 25 heavy (non-hydrogen) atoms. The first-order valence-corrected chi connectivity index (χ1v) is 8.65.